The lowest BCUT2D eigenvalue weighted by atomic mass is 10.0. The zero-order chi connectivity index (χ0) is 26.1. The van der Waals surface area contributed by atoms with Gasteiger partial charge in [0.1, 0.15) is 11.9 Å². The molecule has 1 heterocycles. The maximum absolute atomic E-state index is 13.5. The van der Waals surface area contributed by atoms with Crippen LogP contribution in [-0.2, 0) is 25.9 Å². The third-order valence-corrected chi connectivity index (χ3v) is 7.73. The molecule has 2 aromatic rings. The third kappa shape index (κ3) is 7.92. The predicted octanol–water partition coefficient (Wildman–Crippen LogP) is 2.83. The highest BCUT2D eigenvalue weighted by Gasteiger charge is 2.32. The predicted molar refractivity (Wildman–Crippen MR) is 135 cm³/mol. The molecule has 0 bridgehead atoms. The Kier molecular flexibility index (Phi) is 10.1. The van der Waals surface area contributed by atoms with Crippen LogP contribution in [0.25, 0.3) is 0 Å². The molecule has 0 aromatic heterocycles. The number of hydrogen-bond donors (Lipinski definition) is 2. The number of aliphatic hydroxyl groups is 1. The molecule has 2 aromatic carbocycles. The van der Waals surface area contributed by atoms with E-state index in [1.165, 1.54) is 23.5 Å². The SMILES string of the molecule is COc1ccc(S(=O)(=O)N(CC(C)C)CC(O)[C@H](Cc2ccccc2)NC(=O)O[C@@H]2CCOC2)cc1. The largest absolute Gasteiger partial charge is 0.497 e. The normalized spacial score (nSPS) is 17.7. The summed E-state index contributed by atoms with van der Waals surface area (Å²) >= 11 is 0. The second kappa shape index (κ2) is 13.0. The van der Waals surface area contributed by atoms with Crippen molar-refractivity contribution in [2.45, 2.75) is 49.8 Å². The molecular formula is C26H36N2O7S. The molecule has 3 atom stereocenters. The molecule has 0 saturated carbocycles. The molecule has 1 saturated heterocycles. The van der Waals surface area contributed by atoms with Gasteiger partial charge >= 0.3 is 6.09 Å². The van der Waals surface area contributed by atoms with Gasteiger partial charge in [0, 0.05) is 19.5 Å². The molecule has 1 unspecified atom stereocenters. The molecule has 9 nitrogen and oxygen atoms in total. The molecule has 3 rings (SSSR count). The van der Waals surface area contributed by atoms with Crippen LogP contribution in [0.4, 0.5) is 4.79 Å². The number of hydrogen-bond acceptors (Lipinski definition) is 7. The Bertz CT molecular complexity index is 1060. The first kappa shape index (κ1) is 27.9. The van der Waals surface area contributed by atoms with E-state index < -0.39 is 28.3 Å². The molecule has 1 aliphatic heterocycles. The van der Waals surface area contributed by atoms with Gasteiger partial charge in [0.05, 0.1) is 37.4 Å². The van der Waals surface area contributed by atoms with Gasteiger partial charge in [0.2, 0.25) is 10.0 Å². The second-order valence-electron chi connectivity index (χ2n) is 9.29. The van der Waals surface area contributed by atoms with Gasteiger partial charge in [-0.15, -0.1) is 0 Å². The molecule has 1 amide bonds. The van der Waals surface area contributed by atoms with Crippen molar-refractivity contribution < 1.29 is 32.5 Å². The van der Waals surface area contributed by atoms with Crippen molar-refractivity contribution in [2.75, 3.05) is 33.4 Å². The molecule has 198 valence electrons. The summed E-state index contributed by atoms with van der Waals surface area (Å²) in [4.78, 5) is 12.7. The summed E-state index contributed by atoms with van der Waals surface area (Å²) in [5.74, 6) is 0.556. The summed E-state index contributed by atoms with van der Waals surface area (Å²) in [6, 6.07) is 14.7. The molecule has 10 heteroatoms. The van der Waals surface area contributed by atoms with E-state index in [9.17, 15) is 18.3 Å². The molecule has 2 N–H and O–H groups in total. The van der Waals surface area contributed by atoms with Crippen molar-refractivity contribution >= 4 is 16.1 Å². The molecule has 0 radical (unpaired) electrons. The van der Waals surface area contributed by atoms with Crippen LogP contribution in [0.1, 0.15) is 25.8 Å². The minimum atomic E-state index is -3.91. The van der Waals surface area contributed by atoms with E-state index in [1.807, 2.05) is 44.2 Å². The number of rotatable bonds is 12. The van der Waals surface area contributed by atoms with Crippen LogP contribution in [0.5, 0.6) is 5.75 Å². The van der Waals surface area contributed by atoms with Gasteiger partial charge in [-0.2, -0.15) is 4.31 Å². The van der Waals surface area contributed by atoms with Gasteiger partial charge in [0.15, 0.2) is 0 Å². The smallest absolute Gasteiger partial charge is 0.407 e. The molecule has 0 aliphatic carbocycles. The van der Waals surface area contributed by atoms with Gasteiger partial charge in [-0.3, -0.25) is 0 Å². The van der Waals surface area contributed by atoms with E-state index in [2.05, 4.69) is 5.32 Å². The summed E-state index contributed by atoms with van der Waals surface area (Å²) < 4.78 is 44.0. The Morgan fingerprint density at radius 1 is 1.14 bits per heavy atom. The lowest BCUT2D eigenvalue weighted by Gasteiger charge is -2.30. The number of benzene rings is 2. The molecule has 36 heavy (non-hydrogen) atoms. The second-order valence-corrected chi connectivity index (χ2v) is 11.2. The average molecular weight is 521 g/mol. The number of methoxy groups -OCH3 is 1. The highest BCUT2D eigenvalue weighted by molar-refractivity contribution is 7.89. The summed E-state index contributed by atoms with van der Waals surface area (Å²) in [6.07, 6.45) is -1.28. The van der Waals surface area contributed by atoms with E-state index in [-0.39, 0.29) is 30.0 Å². The first-order chi connectivity index (χ1) is 17.2. The van der Waals surface area contributed by atoms with E-state index >= 15 is 0 Å². The quantitative estimate of drug-likeness (QED) is 0.442. The van der Waals surface area contributed by atoms with Gasteiger partial charge in [-0.25, -0.2) is 13.2 Å². The highest BCUT2D eigenvalue weighted by Crippen LogP contribution is 2.22. The standard InChI is InChI=1S/C26H36N2O7S/c1-19(2)16-28(36(31,32)23-11-9-21(33-3)10-12-23)17-25(29)24(15-20-7-5-4-6-8-20)27-26(30)35-22-13-14-34-18-22/h4-12,19,22,24-25,29H,13-18H2,1-3H3,(H,27,30)/t22-,24+,25?/m1/s1. The Labute approximate surface area is 213 Å². The maximum atomic E-state index is 13.5. The van der Waals surface area contributed by atoms with Crippen molar-refractivity contribution in [1.29, 1.82) is 0 Å². The first-order valence-corrected chi connectivity index (χ1v) is 13.5. The van der Waals surface area contributed by atoms with E-state index in [0.717, 1.165) is 5.56 Å². The van der Waals surface area contributed by atoms with Crippen LogP contribution in [0.3, 0.4) is 0 Å². The minimum absolute atomic E-state index is 0.0121. The molecule has 1 fully saturated rings. The zero-order valence-electron chi connectivity index (χ0n) is 21.0. The number of alkyl carbamates (subject to hydrolysis) is 1. The zero-order valence-corrected chi connectivity index (χ0v) is 21.8. The van der Waals surface area contributed by atoms with Crippen molar-refractivity contribution in [3.63, 3.8) is 0 Å². The molecule has 0 spiro atoms. The molecular weight excluding hydrogens is 484 g/mol. The Morgan fingerprint density at radius 2 is 1.83 bits per heavy atom. The Hall–Kier alpha value is -2.66. The van der Waals surface area contributed by atoms with E-state index in [4.69, 9.17) is 14.2 Å². The summed E-state index contributed by atoms with van der Waals surface area (Å²) in [5.41, 5.74) is 0.888. The van der Waals surface area contributed by atoms with Crippen molar-refractivity contribution in [1.82, 2.24) is 9.62 Å². The number of carbonyl (C=O) groups excluding carboxylic acids is 1. The molecule has 1 aliphatic rings. The third-order valence-electron chi connectivity index (χ3n) is 5.88. The van der Waals surface area contributed by atoms with Crippen LogP contribution in [-0.4, -0.2) is 75.6 Å². The number of nitrogens with zero attached hydrogens (tertiary/aromatic N) is 1. The highest BCUT2D eigenvalue weighted by atomic mass is 32.2. The number of carbonyl (C=O) groups is 1. The van der Waals surface area contributed by atoms with Crippen LogP contribution >= 0.6 is 0 Å². The van der Waals surface area contributed by atoms with Crippen molar-refractivity contribution in [2.24, 2.45) is 5.92 Å². The van der Waals surface area contributed by atoms with Crippen LogP contribution in [0, 0.1) is 5.92 Å². The summed E-state index contributed by atoms with van der Waals surface area (Å²) in [5, 5.41) is 14.0. The Balaban J connectivity index is 1.80. The van der Waals surface area contributed by atoms with Crippen LogP contribution in [0.2, 0.25) is 0 Å². The number of aliphatic hydroxyl groups excluding tert-OH is 1. The fourth-order valence-corrected chi connectivity index (χ4v) is 5.63. The van der Waals surface area contributed by atoms with Gasteiger partial charge < -0.3 is 24.6 Å². The monoisotopic (exact) mass is 520 g/mol. The minimum Gasteiger partial charge on any atom is -0.497 e. The number of amides is 1. The average Bonchev–Trinajstić information content (AvgIpc) is 3.36. The van der Waals surface area contributed by atoms with Gasteiger partial charge in [-0.05, 0) is 42.2 Å². The number of ether oxygens (including phenoxy) is 3. The van der Waals surface area contributed by atoms with E-state index in [0.29, 0.717) is 31.8 Å². The number of nitrogens with one attached hydrogen (secondary N) is 1. The summed E-state index contributed by atoms with van der Waals surface area (Å²) in [6.45, 7) is 4.68. The topological polar surface area (TPSA) is 114 Å². The van der Waals surface area contributed by atoms with Crippen LogP contribution in [0.15, 0.2) is 59.5 Å². The fraction of sp³-hybridized carbons (Fsp3) is 0.500. The van der Waals surface area contributed by atoms with E-state index in [1.54, 1.807) is 12.1 Å². The van der Waals surface area contributed by atoms with Crippen molar-refractivity contribution in [3.8, 4) is 5.75 Å². The van der Waals surface area contributed by atoms with Crippen molar-refractivity contribution in [3.05, 3.63) is 60.2 Å². The first-order valence-electron chi connectivity index (χ1n) is 12.1. The van der Waals surface area contributed by atoms with Gasteiger partial charge in [0.25, 0.3) is 0 Å². The Morgan fingerprint density at radius 3 is 2.42 bits per heavy atom. The fourth-order valence-electron chi connectivity index (χ4n) is 4.00. The summed E-state index contributed by atoms with van der Waals surface area (Å²) in [7, 11) is -2.40. The lowest BCUT2D eigenvalue weighted by Crippen LogP contribution is -2.51. The van der Waals surface area contributed by atoms with Crippen LogP contribution < -0.4 is 10.1 Å². The maximum Gasteiger partial charge on any atom is 0.407 e. The van der Waals surface area contributed by atoms with Gasteiger partial charge in [-0.1, -0.05) is 44.2 Å². The number of sulfonamides is 1. The lowest BCUT2D eigenvalue weighted by molar-refractivity contribution is 0.0644.